The summed E-state index contributed by atoms with van der Waals surface area (Å²) in [5, 5.41) is 7.00. The molecule has 0 fully saturated rings. The molecule has 0 aliphatic rings. The lowest BCUT2D eigenvalue weighted by Gasteiger charge is -2.07. The number of aryl methyl sites for hydroxylation is 1. The zero-order valence-electron chi connectivity index (χ0n) is 12.0. The number of aromatic nitrogens is 2. The fourth-order valence-corrected chi connectivity index (χ4v) is 1.98. The second-order valence-corrected chi connectivity index (χ2v) is 4.50. The van der Waals surface area contributed by atoms with E-state index in [1.54, 1.807) is 16.9 Å². The van der Waals surface area contributed by atoms with E-state index in [2.05, 4.69) is 22.3 Å². The summed E-state index contributed by atoms with van der Waals surface area (Å²) < 4.78 is 1.80. The smallest absolute Gasteiger partial charge is 0.252 e. The van der Waals surface area contributed by atoms with E-state index in [1.165, 1.54) is 0 Å². The number of carbonyl (C=O) groups is 1. The molecule has 2 rings (SSSR count). The predicted molar refractivity (Wildman–Crippen MR) is 81.6 cm³/mol. The Kier molecular flexibility index (Phi) is 5.13. The molecule has 0 aliphatic heterocycles. The Morgan fingerprint density at radius 1 is 1.38 bits per heavy atom. The highest BCUT2D eigenvalue weighted by Gasteiger charge is 2.09. The zero-order chi connectivity index (χ0) is 15.1. The summed E-state index contributed by atoms with van der Waals surface area (Å²) in [6, 6.07) is 9.20. The second-order valence-electron chi connectivity index (χ2n) is 4.50. The van der Waals surface area contributed by atoms with E-state index in [1.807, 2.05) is 31.3 Å². The zero-order valence-corrected chi connectivity index (χ0v) is 12.0. The van der Waals surface area contributed by atoms with Gasteiger partial charge >= 0.3 is 0 Å². The summed E-state index contributed by atoms with van der Waals surface area (Å²) in [4.78, 5) is 12.2. The average Bonchev–Trinajstić information content (AvgIpc) is 2.91. The first kappa shape index (κ1) is 14.8. The van der Waals surface area contributed by atoms with Crippen LogP contribution in [0.1, 0.15) is 21.6 Å². The van der Waals surface area contributed by atoms with Gasteiger partial charge in [0, 0.05) is 37.5 Å². The Bertz CT molecular complexity index is 679. The molecule has 0 radical (unpaired) electrons. The molecule has 0 atom stereocenters. The van der Waals surface area contributed by atoms with Gasteiger partial charge in [-0.15, -0.1) is 0 Å². The van der Waals surface area contributed by atoms with Crippen molar-refractivity contribution in [3.05, 3.63) is 53.3 Å². The number of hydrogen-bond acceptors (Lipinski definition) is 3. The van der Waals surface area contributed by atoms with Gasteiger partial charge in [0.05, 0.1) is 12.1 Å². The first-order valence-corrected chi connectivity index (χ1v) is 6.75. The number of benzene rings is 1. The van der Waals surface area contributed by atoms with Crippen molar-refractivity contribution in [2.24, 2.45) is 12.8 Å². The summed E-state index contributed by atoms with van der Waals surface area (Å²) in [6.45, 7) is 0.827. The van der Waals surface area contributed by atoms with Crippen molar-refractivity contribution >= 4 is 5.91 Å². The molecule has 2 aromatic rings. The van der Waals surface area contributed by atoms with Crippen molar-refractivity contribution in [3.8, 4) is 11.8 Å². The van der Waals surface area contributed by atoms with Crippen LogP contribution >= 0.6 is 0 Å². The molecule has 0 saturated heterocycles. The number of hydrogen-bond donors (Lipinski definition) is 2. The van der Waals surface area contributed by atoms with Crippen LogP contribution in [0.3, 0.4) is 0 Å². The molecule has 0 aliphatic carbocycles. The number of carbonyl (C=O) groups excluding carboxylic acids is 1. The third-order valence-electron chi connectivity index (χ3n) is 3.09. The molecular formula is C16H18N4O. The van der Waals surface area contributed by atoms with Crippen LogP contribution in [-0.2, 0) is 13.5 Å². The molecule has 5 heteroatoms. The van der Waals surface area contributed by atoms with Crippen LogP contribution in [0.5, 0.6) is 0 Å². The summed E-state index contributed by atoms with van der Waals surface area (Å²) in [6.07, 6.45) is 2.48. The molecule has 0 spiro atoms. The highest BCUT2D eigenvalue weighted by atomic mass is 16.1. The van der Waals surface area contributed by atoms with Gasteiger partial charge in [0.15, 0.2) is 0 Å². The summed E-state index contributed by atoms with van der Waals surface area (Å²) in [5.41, 5.74) is 7.71. The van der Waals surface area contributed by atoms with Gasteiger partial charge < -0.3 is 11.1 Å². The topological polar surface area (TPSA) is 72.9 Å². The van der Waals surface area contributed by atoms with Gasteiger partial charge in [0.25, 0.3) is 5.91 Å². The average molecular weight is 282 g/mol. The SMILES string of the molecule is Cn1nccc1CCNC(=O)c1ccccc1C#CCN. The Labute approximate surface area is 124 Å². The van der Waals surface area contributed by atoms with Gasteiger partial charge in [-0.25, -0.2) is 0 Å². The lowest BCUT2D eigenvalue weighted by molar-refractivity contribution is 0.0953. The standard InChI is InChI=1S/C16H18N4O/c1-20-14(9-12-19-20)8-11-18-16(21)15-7-3-2-5-13(15)6-4-10-17/h2-3,5,7,9,12H,8,10-11,17H2,1H3,(H,18,21). The van der Waals surface area contributed by atoms with E-state index < -0.39 is 0 Å². The van der Waals surface area contributed by atoms with Crippen molar-refractivity contribution in [3.63, 3.8) is 0 Å². The van der Waals surface area contributed by atoms with Crippen molar-refractivity contribution in [2.75, 3.05) is 13.1 Å². The van der Waals surface area contributed by atoms with Crippen LogP contribution in [0.2, 0.25) is 0 Å². The molecule has 0 saturated carbocycles. The lowest BCUT2D eigenvalue weighted by atomic mass is 10.1. The largest absolute Gasteiger partial charge is 0.352 e. The molecule has 5 nitrogen and oxygen atoms in total. The molecule has 3 N–H and O–H groups in total. The molecule has 1 aromatic carbocycles. The molecule has 1 aromatic heterocycles. The predicted octanol–water partition coefficient (Wildman–Crippen LogP) is 0.703. The van der Waals surface area contributed by atoms with E-state index in [-0.39, 0.29) is 12.5 Å². The maximum Gasteiger partial charge on any atom is 0.252 e. The minimum Gasteiger partial charge on any atom is -0.352 e. The third kappa shape index (κ3) is 3.94. The van der Waals surface area contributed by atoms with Crippen molar-refractivity contribution in [1.29, 1.82) is 0 Å². The van der Waals surface area contributed by atoms with Crippen LogP contribution < -0.4 is 11.1 Å². The maximum atomic E-state index is 12.2. The van der Waals surface area contributed by atoms with Gasteiger partial charge in [0.1, 0.15) is 0 Å². The van der Waals surface area contributed by atoms with Crippen LogP contribution in [0, 0.1) is 11.8 Å². The monoisotopic (exact) mass is 282 g/mol. The van der Waals surface area contributed by atoms with Crippen LogP contribution in [0.15, 0.2) is 36.5 Å². The van der Waals surface area contributed by atoms with Crippen LogP contribution in [-0.4, -0.2) is 28.8 Å². The van der Waals surface area contributed by atoms with Gasteiger partial charge in [-0.3, -0.25) is 9.48 Å². The minimum atomic E-state index is -0.126. The van der Waals surface area contributed by atoms with Crippen LogP contribution in [0.25, 0.3) is 0 Å². The molecule has 0 unspecified atom stereocenters. The molecule has 108 valence electrons. The van der Waals surface area contributed by atoms with Gasteiger partial charge in [0.2, 0.25) is 0 Å². The van der Waals surface area contributed by atoms with E-state index in [0.29, 0.717) is 17.7 Å². The van der Waals surface area contributed by atoms with Crippen molar-refractivity contribution in [2.45, 2.75) is 6.42 Å². The summed E-state index contributed by atoms with van der Waals surface area (Å²) in [5.74, 6) is 5.56. The Hall–Kier alpha value is -2.58. The number of nitrogens with one attached hydrogen (secondary N) is 1. The highest BCUT2D eigenvalue weighted by Crippen LogP contribution is 2.07. The minimum absolute atomic E-state index is 0.126. The van der Waals surface area contributed by atoms with E-state index in [0.717, 1.165) is 12.1 Å². The lowest BCUT2D eigenvalue weighted by Crippen LogP contribution is -2.26. The maximum absolute atomic E-state index is 12.2. The first-order valence-electron chi connectivity index (χ1n) is 6.75. The fraction of sp³-hybridized carbons (Fsp3) is 0.250. The van der Waals surface area contributed by atoms with Crippen LogP contribution in [0.4, 0.5) is 0 Å². The quantitative estimate of drug-likeness (QED) is 0.811. The van der Waals surface area contributed by atoms with E-state index >= 15 is 0 Å². The molecular weight excluding hydrogens is 264 g/mol. The molecule has 1 heterocycles. The van der Waals surface area contributed by atoms with Gasteiger partial charge in [-0.05, 0) is 18.2 Å². The molecule has 1 amide bonds. The Morgan fingerprint density at radius 3 is 2.90 bits per heavy atom. The first-order chi connectivity index (χ1) is 10.2. The highest BCUT2D eigenvalue weighted by molar-refractivity contribution is 5.96. The number of rotatable bonds is 4. The van der Waals surface area contributed by atoms with Crippen molar-refractivity contribution < 1.29 is 4.79 Å². The molecule has 0 bridgehead atoms. The second kappa shape index (κ2) is 7.27. The number of amides is 1. The normalized spacial score (nSPS) is 9.81. The van der Waals surface area contributed by atoms with E-state index in [4.69, 9.17) is 5.73 Å². The third-order valence-corrected chi connectivity index (χ3v) is 3.09. The van der Waals surface area contributed by atoms with Gasteiger partial charge in [-0.2, -0.15) is 5.10 Å². The fourth-order valence-electron chi connectivity index (χ4n) is 1.98. The Balaban J connectivity index is 1.99. The summed E-state index contributed by atoms with van der Waals surface area (Å²) in [7, 11) is 1.88. The molecule has 21 heavy (non-hydrogen) atoms. The number of nitrogens with two attached hydrogens (primary N) is 1. The Morgan fingerprint density at radius 2 is 2.19 bits per heavy atom. The van der Waals surface area contributed by atoms with E-state index in [9.17, 15) is 4.79 Å². The van der Waals surface area contributed by atoms with Gasteiger partial charge in [-0.1, -0.05) is 24.0 Å². The van der Waals surface area contributed by atoms with Crippen molar-refractivity contribution in [1.82, 2.24) is 15.1 Å². The summed E-state index contributed by atoms with van der Waals surface area (Å²) >= 11 is 0. The number of nitrogens with zero attached hydrogens (tertiary/aromatic N) is 2.